The number of nitrogens with one attached hydrogen (secondary N) is 2. The number of carboxylic acid groups (broad SMARTS) is 1. The van der Waals surface area contributed by atoms with Crippen LogP contribution >= 0.6 is 0 Å². The molecule has 0 unspecified atom stereocenters. The van der Waals surface area contributed by atoms with Crippen LogP contribution in [-0.2, 0) is 25.7 Å². The van der Waals surface area contributed by atoms with Crippen LogP contribution in [0.3, 0.4) is 0 Å². The highest BCUT2D eigenvalue weighted by molar-refractivity contribution is 5.91. The number of likely N-dealkylation sites (N-methyl/N-ethyl adjacent to an activating group) is 1. The molecule has 2 atom stereocenters. The van der Waals surface area contributed by atoms with Gasteiger partial charge in [-0.05, 0) is 24.3 Å². The Balaban J connectivity index is 2.72. The van der Waals surface area contributed by atoms with Gasteiger partial charge >= 0.3 is 12.1 Å². The highest BCUT2D eigenvalue weighted by atomic mass is 16.6. The first-order valence-corrected chi connectivity index (χ1v) is 10.8. The highest BCUT2D eigenvalue weighted by Gasteiger charge is 2.28. The number of carboxylic acids is 1. The van der Waals surface area contributed by atoms with Gasteiger partial charge in [-0.25, -0.2) is 9.59 Å². The SMILES string of the molecule is CC(C)[C@H](NC(=O)[C@H](CCCN=C(N)N)NC(=O)CN(C)C(=O)OCc1ccccc1)C(=O)O. The Bertz CT molecular complexity index is 857. The van der Waals surface area contributed by atoms with E-state index >= 15 is 0 Å². The van der Waals surface area contributed by atoms with E-state index < -0.39 is 36.0 Å². The first-order chi connectivity index (χ1) is 16.0. The van der Waals surface area contributed by atoms with Crippen molar-refractivity contribution in [2.75, 3.05) is 20.1 Å². The summed E-state index contributed by atoms with van der Waals surface area (Å²) in [5.41, 5.74) is 11.4. The summed E-state index contributed by atoms with van der Waals surface area (Å²) in [5, 5.41) is 14.3. The van der Waals surface area contributed by atoms with Crippen molar-refractivity contribution < 1.29 is 29.0 Å². The summed E-state index contributed by atoms with van der Waals surface area (Å²) in [4.78, 5) is 53.8. The molecule has 0 saturated carbocycles. The fourth-order valence-corrected chi connectivity index (χ4v) is 2.89. The van der Waals surface area contributed by atoms with Gasteiger partial charge in [-0.2, -0.15) is 0 Å². The maximum Gasteiger partial charge on any atom is 0.410 e. The molecule has 3 amide bonds. The topological polar surface area (TPSA) is 189 Å². The number of nitrogens with two attached hydrogens (primary N) is 2. The third-order valence-corrected chi connectivity index (χ3v) is 4.73. The second-order valence-corrected chi connectivity index (χ2v) is 8.03. The number of carbonyl (C=O) groups excluding carboxylic acids is 3. The largest absolute Gasteiger partial charge is 0.480 e. The Morgan fingerprint density at radius 2 is 1.76 bits per heavy atom. The number of guanidine groups is 1. The third kappa shape index (κ3) is 10.7. The molecular formula is C22H34N6O6. The van der Waals surface area contributed by atoms with Gasteiger partial charge in [-0.3, -0.25) is 14.6 Å². The fraction of sp³-hybridized carbons (Fsp3) is 0.500. The molecule has 1 aromatic rings. The van der Waals surface area contributed by atoms with Crippen molar-refractivity contribution in [1.29, 1.82) is 0 Å². The fourth-order valence-electron chi connectivity index (χ4n) is 2.89. The van der Waals surface area contributed by atoms with Crippen LogP contribution in [0.2, 0.25) is 0 Å². The first-order valence-electron chi connectivity index (χ1n) is 10.8. The lowest BCUT2D eigenvalue weighted by molar-refractivity contribution is -0.143. The van der Waals surface area contributed by atoms with Crippen molar-refractivity contribution in [2.45, 2.75) is 45.4 Å². The predicted octanol–water partition coefficient (Wildman–Crippen LogP) is 0.0188. The first kappa shape index (κ1) is 28.2. The van der Waals surface area contributed by atoms with Crippen LogP contribution in [0.4, 0.5) is 4.79 Å². The summed E-state index contributed by atoms with van der Waals surface area (Å²) in [5.74, 6) is -2.93. The zero-order valence-electron chi connectivity index (χ0n) is 19.7. The lowest BCUT2D eigenvalue weighted by Gasteiger charge is -2.24. The number of aliphatic carboxylic acids is 1. The van der Waals surface area contributed by atoms with Gasteiger partial charge in [0.15, 0.2) is 5.96 Å². The zero-order chi connectivity index (χ0) is 25.7. The van der Waals surface area contributed by atoms with E-state index in [4.69, 9.17) is 16.2 Å². The summed E-state index contributed by atoms with van der Waals surface area (Å²) in [6.07, 6.45) is -0.204. The van der Waals surface area contributed by atoms with E-state index in [1.54, 1.807) is 26.0 Å². The molecule has 7 N–H and O–H groups in total. The molecule has 188 valence electrons. The molecule has 0 aromatic heterocycles. The van der Waals surface area contributed by atoms with Crippen LogP contribution in [0.1, 0.15) is 32.3 Å². The molecule has 0 radical (unpaired) electrons. The minimum Gasteiger partial charge on any atom is -0.480 e. The Morgan fingerprint density at radius 1 is 1.12 bits per heavy atom. The maximum absolute atomic E-state index is 12.7. The van der Waals surface area contributed by atoms with Gasteiger partial charge in [-0.15, -0.1) is 0 Å². The van der Waals surface area contributed by atoms with Crippen LogP contribution in [0.25, 0.3) is 0 Å². The van der Waals surface area contributed by atoms with E-state index in [1.807, 2.05) is 18.2 Å². The van der Waals surface area contributed by atoms with Crippen LogP contribution in [0, 0.1) is 5.92 Å². The monoisotopic (exact) mass is 478 g/mol. The van der Waals surface area contributed by atoms with Crippen molar-refractivity contribution in [1.82, 2.24) is 15.5 Å². The Kier molecular flexibility index (Phi) is 11.9. The summed E-state index contributed by atoms with van der Waals surface area (Å²) < 4.78 is 5.17. The second-order valence-electron chi connectivity index (χ2n) is 8.03. The smallest absolute Gasteiger partial charge is 0.410 e. The highest BCUT2D eigenvalue weighted by Crippen LogP contribution is 2.06. The molecule has 0 bridgehead atoms. The van der Waals surface area contributed by atoms with E-state index in [1.165, 1.54) is 7.05 Å². The van der Waals surface area contributed by atoms with Crippen LogP contribution in [0.15, 0.2) is 35.3 Å². The molecule has 0 saturated heterocycles. The van der Waals surface area contributed by atoms with Gasteiger partial charge in [-0.1, -0.05) is 44.2 Å². The van der Waals surface area contributed by atoms with Crippen molar-refractivity contribution in [3.05, 3.63) is 35.9 Å². The van der Waals surface area contributed by atoms with E-state index in [9.17, 15) is 24.3 Å². The lowest BCUT2D eigenvalue weighted by Crippen LogP contribution is -2.54. The number of rotatable bonds is 13. The van der Waals surface area contributed by atoms with Gasteiger partial charge in [0.05, 0.1) is 0 Å². The molecule has 12 nitrogen and oxygen atoms in total. The normalized spacial score (nSPS) is 12.2. The van der Waals surface area contributed by atoms with Gasteiger partial charge < -0.3 is 36.8 Å². The lowest BCUT2D eigenvalue weighted by atomic mass is 10.0. The molecular weight excluding hydrogens is 444 g/mol. The number of carbonyl (C=O) groups is 4. The molecule has 0 fully saturated rings. The molecule has 0 heterocycles. The van der Waals surface area contributed by atoms with Crippen molar-refractivity contribution in [2.24, 2.45) is 22.4 Å². The molecule has 0 aliphatic heterocycles. The molecule has 34 heavy (non-hydrogen) atoms. The average Bonchev–Trinajstić information content (AvgIpc) is 2.77. The number of ether oxygens (including phenoxy) is 1. The summed E-state index contributed by atoms with van der Waals surface area (Å²) in [7, 11) is 1.39. The van der Waals surface area contributed by atoms with Gasteiger partial charge in [0.2, 0.25) is 11.8 Å². The molecule has 12 heteroatoms. The number of benzene rings is 1. The minimum atomic E-state index is -1.19. The van der Waals surface area contributed by atoms with Crippen LogP contribution < -0.4 is 22.1 Å². The standard InChI is InChI=1S/C22H34N6O6/c1-14(2)18(20(31)32)27-19(30)16(10-7-11-25-21(23)24)26-17(29)12-28(3)22(33)34-13-15-8-5-4-6-9-15/h4-6,8-9,14,16,18H,7,10-13H2,1-3H3,(H,26,29)(H,27,30)(H,31,32)(H4,23,24,25)/t16-,18-/m0/s1. The van der Waals surface area contributed by atoms with Crippen molar-refractivity contribution in [3.63, 3.8) is 0 Å². The quantitative estimate of drug-likeness (QED) is 0.149. The van der Waals surface area contributed by atoms with Gasteiger partial charge in [0.25, 0.3) is 0 Å². The molecule has 0 spiro atoms. The van der Waals surface area contributed by atoms with E-state index in [2.05, 4.69) is 15.6 Å². The molecule has 0 aliphatic carbocycles. The average molecular weight is 479 g/mol. The Morgan fingerprint density at radius 3 is 2.32 bits per heavy atom. The second kappa shape index (κ2) is 14.3. The van der Waals surface area contributed by atoms with E-state index in [0.717, 1.165) is 10.5 Å². The Labute approximate surface area is 198 Å². The molecule has 1 rings (SSSR count). The number of hydrogen-bond acceptors (Lipinski definition) is 6. The van der Waals surface area contributed by atoms with Gasteiger partial charge in [0.1, 0.15) is 25.2 Å². The minimum absolute atomic E-state index is 0.0488. The summed E-state index contributed by atoms with van der Waals surface area (Å²) >= 11 is 0. The molecule has 0 aliphatic rings. The Hall–Kier alpha value is -3.83. The summed E-state index contributed by atoms with van der Waals surface area (Å²) in [6, 6.07) is 6.89. The number of hydrogen-bond donors (Lipinski definition) is 5. The van der Waals surface area contributed by atoms with E-state index in [0.29, 0.717) is 6.42 Å². The number of amides is 3. The van der Waals surface area contributed by atoms with Crippen molar-refractivity contribution >= 4 is 29.8 Å². The van der Waals surface area contributed by atoms with Gasteiger partial charge in [0, 0.05) is 13.6 Å². The third-order valence-electron chi connectivity index (χ3n) is 4.73. The number of aliphatic imine (C=N–C) groups is 1. The zero-order valence-corrected chi connectivity index (χ0v) is 19.7. The maximum atomic E-state index is 12.7. The van der Waals surface area contributed by atoms with E-state index in [-0.39, 0.29) is 38.0 Å². The van der Waals surface area contributed by atoms with Crippen LogP contribution in [0.5, 0.6) is 0 Å². The predicted molar refractivity (Wildman–Crippen MR) is 126 cm³/mol. The molecule has 1 aromatic carbocycles. The van der Waals surface area contributed by atoms with Crippen molar-refractivity contribution in [3.8, 4) is 0 Å². The summed E-state index contributed by atoms with van der Waals surface area (Å²) in [6.45, 7) is 3.22. The van der Waals surface area contributed by atoms with Crippen LogP contribution in [-0.4, -0.2) is 72.1 Å². The number of nitrogens with zero attached hydrogens (tertiary/aromatic N) is 2.